The van der Waals surface area contributed by atoms with E-state index in [2.05, 4.69) is 119 Å². The van der Waals surface area contributed by atoms with Gasteiger partial charge in [0.2, 0.25) is 5.91 Å². The van der Waals surface area contributed by atoms with Crippen LogP contribution in [0, 0.1) is 6.92 Å². The number of carbonyl (C=O) groups is 1. The number of rotatable bonds is 12. The smallest absolute Gasteiger partial charge is 0.220 e. The van der Waals surface area contributed by atoms with E-state index in [1.54, 1.807) is 0 Å². The van der Waals surface area contributed by atoms with Crippen molar-refractivity contribution in [1.29, 1.82) is 0 Å². The first-order valence-electron chi connectivity index (χ1n) is 13.8. The van der Waals surface area contributed by atoms with Crippen LogP contribution in [-0.2, 0) is 15.6 Å². The van der Waals surface area contributed by atoms with E-state index >= 15 is 0 Å². The number of hydrogen-bond acceptors (Lipinski definition) is 4. The van der Waals surface area contributed by atoms with Gasteiger partial charge in [-0.15, -0.1) is 0 Å². The molecule has 0 saturated carbocycles. The first-order chi connectivity index (χ1) is 18.1. The number of aliphatic imine (C=N–C) groups is 1. The van der Waals surface area contributed by atoms with Crippen LogP contribution in [0.5, 0.6) is 0 Å². The highest BCUT2D eigenvalue weighted by Gasteiger charge is 2.37. The molecule has 5 heteroatoms. The van der Waals surface area contributed by atoms with Crippen molar-refractivity contribution in [1.82, 2.24) is 5.32 Å². The van der Waals surface area contributed by atoms with Gasteiger partial charge in [-0.3, -0.25) is 9.79 Å². The third-order valence-electron chi connectivity index (χ3n) is 7.69. The Hall–Kier alpha value is -3.18. The normalized spacial score (nSPS) is 16.3. The Morgan fingerprint density at radius 1 is 1.08 bits per heavy atom. The fourth-order valence-corrected chi connectivity index (χ4v) is 5.46. The van der Waals surface area contributed by atoms with Gasteiger partial charge in [0, 0.05) is 54.5 Å². The molecule has 0 radical (unpaired) electrons. The third-order valence-corrected chi connectivity index (χ3v) is 7.69. The van der Waals surface area contributed by atoms with Gasteiger partial charge >= 0.3 is 0 Å². The number of amides is 1. The second-order valence-electron chi connectivity index (χ2n) is 11.2. The zero-order valence-electron chi connectivity index (χ0n) is 24.1. The maximum Gasteiger partial charge on any atom is 0.220 e. The van der Waals surface area contributed by atoms with Crippen LogP contribution in [-0.4, -0.2) is 43.5 Å². The Balaban J connectivity index is 1.78. The molecule has 0 aliphatic carbocycles. The van der Waals surface area contributed by atoms with E-state index in [0.29, 0.717) is 13.0 Å². The second-order valence-corrected chi connectivity index (χ2v) is 11.2. The molecule has 0 fully saturated rings. The molecule has 0 unspecified atom stereocenters. The number of likely N-dealkylation sites (N-methyl/N-ethyl adjacent to an activating group) is 1. The number of aryl methyl sites for hydroxylation is 1. The van der Waals surface area contributed by atoms with Gasteiger partial charge in [0.25, 0.3) is 0 Å². The number of nitrogens with one attached hydrogen (secondary N) is 1. The molecular weight excluding hydrogens is 470 g/mol. The summed E-state index contributed by atoms with van der Waals surface area (Å²) in [4.78, 5) is 19.1. The number of hydrogen-bond donors (Lipinski definition) is 2. The average Bonchev–Trinajstić information content (AvgIpc) is 3.08. The lowest BCUT2D eigenvalue weighted by molar-refractivity contribution is -0.121. The predicted octanol–water partition coefficient (Wildman–Crippen LogP) is 6.25. The first-order valence-corrected chi connectivity index (χ1v) is 13.8. The van der Waals surface area contributed by atoms with E-state index in [4.69, 9.17) is 10.1 Å². The molecular formula is C33H45N3O2. The number of aliphatic hydroxyl groups is 1. The first kappa shape index (κ1) is 29.4. The van der Waals surface area contributed by atoms with Crippen molar-refractivity contribution in [3.63, 3.8) is 0 Å². The minimum absolute atomic E-state index is 0.00172. The molecule has 1 aliphatic heterocycles. The number of allylic oxidation sites excluding steroid dienone is 4. The average molecular weight is 516 g/mol. The molecule has 5 nitrogen and oxygen atoms in total. The molecule has 0 atom stereocenters. The summed E-state index contributed by atoms with van der Waals surface area (Å²) in [7, 11) is 2.14. The Labute approximate surface area is 229 Å². The molecule has 2 aromatic rings. The van der Waals surface area contributed by atoms with Crippen LogP contribution in [0.15, 0.2) is 77.4 Å². The Morgan fingerprint density at radius 2 is 1.79 bits per heavy atom. The molecule has 0 spiro atoms. The topological polar surface area (TPSA) is 64.9 Å². The summed E-state index contributed by atoms with van der Waals surface area (Å²) >= 11 is 0. The number of aliphatic hydroxyl groups excluding tert-OH is 1. The summed E-state index contributed by atoms with van der Waals surface area (Å²) in [5.74, 6) is 0.00172. The Kier molecular flexibility index (Phi) is 10.1. The Bertz CT molecular complexity index is 1190. The van der Waals surface area contributed by atoms with Crippen molar-refractivity contribution in [3.05, 3.63) is 89.1 Å². The fourth-order valence-electron chi connectivity index (χ4n) is 5.46. The van der Waals surface area contributed by atoms with E-state index in [1.807, 2.05) is 0 Å². The number of benzene rings is 2. The van der Waals surface area contributed by atoms with E-state index < -0.39 is 0 Å². The number of carbonyl (C=O) groups excluding carboxylic acids is 1. The third kappa shape index (κ3) is 6.82. The van der Waals surface area contributed by atoms with Crippen LogP contribution in [0.25, 0.3) is 0 Å². The van der Waals surface area contributed by atoms with Crippen LogP contribution in [0.1, 0.15) is 70.1 Å². The van der Waals surface area contributed by atoms with Gasteiger partial charge < -0.3 is 15.3 Å². The molecule has 204 valence electrons. The van der Waals surface area contributed by atoms with Gasteiger partial charge in [0.1, 0.15) is 0 Å². The van der Waals surface area contributed by atoms with Crippen LogP contribution >= 0.6 is 0 Å². The number of fused-ring (bicyclic) bond motifs is 1. The molecule has 1 aliphatic rings. The number of anilines is 1. The summed E-state index contributed by atoms with van der Waals surface area (Å²) in [6.45, 7) is 12.2. The largest absolute Gasteiger partial charge is 0.395 e. The van der Waals surface area contributed by atoms with E-state index in [0.717, 1.165) is 31.5 Å². The number of unbranched alkanes of at least 4 members (excludes halogenated alkanes) is 2. The summed E-state index contributed by atoms with van der Waals surface area (Å²) in [6, 6.07) is 17.2. The molecule has 1 amide bonds. The van der Waals surface area contributed by atoms with Crippen molar-refractivity contribution in [2.24, 2.45) is 4.99 Å². The van der Waals surface area contributed by atoms with Gasteiger partial charge in [0.15, 0.2) is 0 Å². The second kappa shape index (κ2) is 13.1. The lowest BCUT2D eigenvalue weighted by Gasteiger charge is -2.28. The Morgan fingerprint density at radius 3 is 2.50 bits per heavy atom. The molecule has 0 aromatic heterocycles. The van der Waals surface area contributed by atoms with Gasteiger partial charge in [0.05, 0.1) is 6.61 Å². The summed E-state index contributed by atoms with van der Waals surface area (Å²) < 4.78 is 0. The van der Waals surface area contributed by atoms with Crippen molar-refractivity contribution < 1.29 is 9.90 Å². The van der Waals surface area contributed by atoms with Crippen LogP contribution < -0.4 is 10.2 Å². The van der Waals surface area contributed by atoms with Crippen LogP contribution in [0.3, 0.4) is 0 Å². The van der Waals surface area contributed by atoms with Gasteiger partial charge in [-0.2, -0.15) is 0 Å². The van der Waals surface area contributed by atoms with Gasteiger partial charge in [-0.25, -0.2) is 0 Å². The van der Waals surface area contributed by atoms with Crippen molar-refractivity contribution in [3.8, 4) is 0 Å². The van der Waals surface area contributed by atoms with Crippen LogP contribution in [0.4, 0.5) is 5.69 Å². The van der Waals surface area contributed by atoms with E-state index in [1.165, 1.54) is 28.1 Å². The molecule has 38 heavy (non-hydrogen) atoms. The lowest BCUT2D eigenvalue weighted by atomic mass is 9.77. The zero-order valence-corrected chi connectivity index (χ0v) is 24.1. The van der Waals surface area contributed by atoms with Crippen molar-refractivity contribution in [2.75, 3.05) is 31.6 Å². The zero-order chi connectivity index (χ0) is 27.8. The molecule has 1 heterocycles. The summed E-state index contributed by atoms with van der Waals surface area (Å²) in [5, 5.41) is 11.5. The van der Waals surface area contributed by atoms with Gasteiger partial charge in [-0.05, 0) is 54.7 Å². The summed E-state index contributed by atoms with van der Waals surface area (Å²) in [6.07, 6.45) is 9.75. The predicted molar refractivity (Wildman–Crippen MR) is 160 cm³/mol. The minimum atomic E-state index is -0.245. The lowest BCUT2D eigenvalue weighted by Crippen LogP contribution is -2.29. The van der Waals surface area contributed by atoms with E-state index in [9.17, 15) is 4.79 Å². The minimum Gasteiger partial charge on any atom is -0.395 e. The monoisotopic (exact) mass is 515 g/mol. The number of para-hydroxylation sites is 1. The quantitative estimate of drug-likeness (QED) is 0.259. The van der Waals surface area contributed by atoms with Crippen molar-refractivity contribution >= 4 is 17.3 Å². The molecule has 2 N–H and O–H groups in total. The van der Waals surface area contributed by atoms with Crippen LogP contribution in [0.2, 0.25) is 0 Å². The highest BCUT2D eigenvalue weighted by Crippen LogP contribution is 2.46. The molecule has 0 bridgehead atoms. The summed E-state index contributed by atoms with van der Waals surface area (Å²) in [5.41, 5.74) is 7.16. The maximum atomic E-state index is 11.8. The SMILES string of the molecule is Cc1ccccc1C(C)(C)C(/C=C/C=C1/N(C)c2ccccc2C1(C)C)=N/CCCCCC(=O)NCCO. The molecule has 2 aromatic carbocycles. The number of nitrogens with zero attached hydrogens (tertiary/aromatic N) is 2. The molecule has 0 saturated heterocycles. The van der Waals surface area contributed by atoms with Gasteiger partial charge in [-0.1, -0.05) is 82.7 Å². The molecule has 3 rings (SSSR count). The van der Waals surface area contributed by atoms with Crippen molar-refractivity contribution in [2.45, 2.75) is 71.1 Å². The van der Waals surface area contributed by atoms with E-state index in [-0.39, 0.29) is 23.3 Å². The maximum absolute atomic E-state index is 11.8. The fraction of sp³-hybridized carbons (Fsp3) is 0.455. The highest BCUT2D eigenvalue weighted by molar-refractivity contribution is 6.03. The highest BCUT2D eigenvalue weighted by atomic mass is 16.3. The standard InChI is InChI=1S/C33H45N3O2/c1-25-15-9-10-16-26(25)32(2,3)29(34-22-13-7-8-21-31(38)35-23-24-37)19-14-20-30-33(4,5)27-17-11-12-18-28(27)36(30)6/h9-12,14-20,37H,7-8,13,21-24H2,1-6H3,(H,35,38)/b19-14+,30-20+,34-29+.